The van der Waals surface area contributed by atoms with Crippen LogP contribution in [0.3, 0.4) is 0 Å². The Morgan fingerprint density at radius 2 is 1.58 bits per heavy atom. The van der Waals surface area contributed by atoms with E-state index < -0.39 is 5.79 Å². The van der Waals surface area contributed by atoms with Crippen molar-refractivity contribution in [3.63, 3.8) is 0 Å². The molecule has 106 valence electrons. The van der Waals surface area contributed by atoms with Crippen LogP contribution in [0.4, 0.5) is 5.69 Å². The number of benzene rings is 1. The average Bonchev–Trinajstić information content (AvgIpc) is 2.41. The second-order valence-corrected chi connectivity index (χ2v) is 4.78. The zero-order chi connectivity index (χ0) is 13.7. The van der Waals surface area contributed by atoms with Crippen molar-refractivity contribution in [3.8, 4) is 5.75 Å². The van der Waals surface area contributed by atoms with E-state index >= 15 is 0 Å². The van der Waals surface area contributed by atoms with Gasteiger partial charge in [-0.2, -0.15) is 0 Å². The summed E-state index contributed by atoms with van der Waals surface area (Å²) < 4.78 is 11.7. The first-order chi connectivity index (χ1) is 9.19. The van der Waals surface area contributed by atoms with Gasteiger partial charge in [-0.3, -0.25) is 0 Å². The molecule has 1 aliphatic rings. The van der Waals surface area contributed by atoms with Crippen molar-refractivity contribution in [2.75, 3.05) is 31.2 Å². The smallest absolute Gasteiger partial charge is 0.171 e. The molecule has 0 aliphatic carbocycles. The summed E-state index contributed by atoms with van der Waals surface area (Å²) in [6.45, 7) is 7.19. The van der Waals surface area contributed by atoms with Gasteiger partial charge in [0.25, 0.3) is 0 Å². The highest BCUT2D eigenvalue weighted by Gasteiger charge is 2.35. The number of hydrogen-bond acceptors (Lipinski definition) is 4. The number of rotatable bonds is 5. The minimum Gasteiger partial charge on any atom is -0.508 e. The van der Waals surface area contributed by atoms with Crippen LogP contribution in [-0.2, 0) is 9.47 Å². The zero-order valence-corrected chi connectivity index (χ0v) is 11.8. The molecule has 1 heterocycles. The third-order valence-electron chi connectivity index (χ3n) is 3.55. The first kappa shape index (κ1) is 14.2. The fourth-order valence-electron chi connectivity index (χ4n) is 2.63. The van der Waals surface area contributed by atoms with Gasteiger partial charge in [0.05, 0.1) is 0 Å². The predicted molar refractivity (Wildman–Crippen MR) is 75.5 cm³/mol. The molecule has 19 heavy (non-hydrogen) atoms. The van der Waals surface area contributed by atoms with Crippen molar-refractivity contribution in [3.05, 3.63) is 24.3 Å². The minimum absolute atomic E-state index is 0.304. The highest BCUT2D eigenvalue weighted by atomic mass is 16.7. The maximum absolute atomic E-state index is 9.32. The largest absolute Gasteiger partial charge is 0.508 e. The summed E-state index contributed by atoms with van der Waals surface area (Å²) >= 11 is 0. The van der Waals surface area contributed by atoms with E-state index in [0.29, 0.717) is 19.0 Å². The standard InChI is InChI=1S/C15H23NO3/c1-3-18-15(19-4-2)9-11-16(12-10-15)13-5-7-14(17)8-6-13/h5-8,17H,3-4,9-12H2,1-2H3. The Bertz CT molecular complexity index is 375. The van der Waals surface area contributed by atoms with Gasteiger partial charge in [0.15, 0.2) is 5.79 Å². The van der Waals surface area contributed by atoms with E-state index in [1.54, 1.807) is 12.1 Å². The lowest BCUT2D eigenvalue weighted by Crippen LogP contribution is -2.48. The summed E-state index contributed by atoms with van der Waals surface area (Å²) in [7, 11) is 0. The Balaban J connectivity index is 1.99. The van der Waals surface area contributed by atoms with Crippen molar-refractivity contribution in [1.29, 1.82) is 0 Å². The molecule has 1 aromatic rings. The number of phenolic OH excluding ortho intramolecular Hbond substituents is 1. The fourth-order valence-corrected chi connectivity index (χ4v) is 2.63. The summed E-state index contributed by atoms with van der Waals surface area (Å²) in [5, 5.41) is 9.32. The summed E-state index contributed by atoms with van der Waals surface area (Å²) in [6.07, 6.45) is 1.74. The summed E-state index contributed by atoms with van der Waals surface area (Å²) in [4.78, 5) is 2.30. The van der Waals surface area contributed by atoms with Gasteiger partial charge in [0, 0.05) is 44.8 Å². The Morgan fingerprint density at radius 1 is 1.05 bits per heavy atom. The zero-order valence-electron chi connectivity index (χ0n) is 11.8. The molecular weight excluding hydrogens is 242 g/mol. The summed E-state index contributed by atoms with van der Waals surface area (Å²) in [6, 6.07) is 7.35. The molecule has 0 aromatic heterocycles. The van der Waals surface area contributed by atoms with E-state index in [2.05, 4.69) is 4.90 Å². The number of nitrogens with zero attached hydrogens (tertiary/aromatic N) is 1. The number of hydrogen-bond donors (Lipinski definition) is 1. The molecule has 0 saturated carbocycles. The van der Waals surface area contributed by atoms with E-state index in [-0.39, 0.29) is 0 Å². The Hall–Kier alpha value is -1.26. The number of ether oxygens (including phenoxy) is 2. The highest BCUT2D eigenvalue weighted by molar-refractivity contribution is 5.49. The van der Waals surface area contributed by atoms with Gasteiger partial charge in [0.1, 0.15) is 5.75 Å². The van der Waals surface area contributed by atoms with Crippen molar-refractivity contribution in [1.82, 2.24) is 0 Å². The molecular formula is C15H23NO3. The van der Waals surface area contributed by atoms with Crippen LogP contribution in [0.1, 0.15) is 26.7 Å². The first-order valence-electron chi connectivity index (χ1n) is 7.01. The van der Waals surface area contributed by atoms with Crippen molar-refractivity contribution < 1.29 is 14.6 Å². The van der Waals surface area contributed by atoms with E-state index in [0.717, 1.165) is 31.6 Å². The minimum atomic E-state index is -0.406. The van der Waals surface area contributed by atoms with E-state index in [1.807, 2.05) is 26.0 Å². The first-order valence-corrected chi connectivity index (χ1v) is 7.01. The van der Waals surface area contributed by atoms with Crippen LogP contribution in [0, 0.1) is 0 Å². The van der Waals surface area contributed by atoms with Gasteiger partial charge in [0.2, 0.25) is 0 Å². The number of aromatic hydroxyl groups is 1. The van der Waals surface area contributed by atoms with Crippen LogP contribution in [-0.4, -0.2) is 37.2 Å². The molecule has 0 spiro atoms. The predicted octanol–water partition coefficient (Wildman–Crippen LogP) is 2.76. The van der Waals surface area contributed by atoms with Gasteiger partial charge >= 0.3 is 0 Å². The number of anilines is 1. The molecule has 0 radical (unpaired) electrons. The molecule has 4 nitrogen and oxygen atoms in total. The Morgan fingerprint density at radius 3 is 2.05 bits per heavy atom. The topological polar surface area (TPSA) is 41.9 Å². The van der Waals surface area contributed by atoms with Crippen LogP contribution in [0.25, 0.3) is 0 Å². The van der Waals surface area contributed by atoms with Gasteiger partial charge in [-0.15, -0.1) is 0 Å². The molecule has 0 atom stereocenters. The molecule has 0 bridgehead atoms. The highest BCUT2D eigenvalue weighted by Crippen LogP contribution is 2.31. The molecule has 0 amide bonds. The van der Waals surface area contributed by atoms with E-state index in [9.17, 15) is 5.11 Å². The van der Waals surface area contributed by atoms with Gasteiger partial charge in [-0.1, -0.05) is 0 Å². The lowest BCUT2D eigenvalue weighted by Gasteiger charge is -2.41. The van der Waals surface area contributed by atoms with Crippen LogP contribution >= 0.6 is 0 Å². The van der Waals surface area contributed by atoms with Gasteiger partial charge in [-0.05, 0) is 38.1 Å². The maximum atomic E-state index is 9.32. The SMILES string of the molecule is CCOC1(OCC)CCN(c2ccc(O)cc2)CC1. The molecule has 1 aliphatic heterocycles. The van der Waals surface area contributed by atoms with Crippen LogP contribution in [0.15, 0.2) is 24.3 Å². The number of piperidine rings is 1. The van der Waals surface area contributed by atoms with Crippen molar-refractivity contribution in [2.45, 2.75) is 32.5 Å². The Kier molecular flexibility index (Phi) is 4.66. The normalized spacial score (nSPS) is 18.5. The quantitative estimate of drug-likeness (QED) is 0.831. The molecule has 4 heteroatoms. The third-order valence-corrected chi connectivity index (χ3v) is 3.55. The summed E-state index contributed by atoms with van der Waals surface area (Å²) in [5.74, 6) is -0.101. The Labute approximate surface area is 114 Å². The third kappa shape index (κ3) is 3.39. The molecule has 1 N–H and O–H groups in total. The van der Waals surface area contributed by atoms with E-state index in [1.165, 1.54) is 0 Å². The molecule has 1 aromatic carbocycles. The number of phenols is 1. The average molecular weight is 265 g/mol. The molecule has 1 fully saturated rings. The molecule has 1 saturated heterocycles. The van der Waals surface area contributed by atoms with Crippen LogP contribution < -0.4 is 4.90 Å². The second kappa shape index (κ2) is 6.26. The second-order valence-electron chi connectivity index (χ2n) is 4.78. The maximum Gasteiger partial charge on any atom is 0.171 e. The fraction of sp³-hybridized carbons (Fsp3) is 0.600. The van der Waals surface area contributed by atoms with E-state index in [4.69, 9.17) is 9.47 Å². The lowest BCUT2D eigenvalue weighted by molar-refractivity contribution is -0.242. The van der Waals surface area contributed by atoms with Crippen LogP contribution in [0.5, 0.6) is 5.75 Å². The molecule has 0 unspecified atom stereocenters. The van der Waals surface area contributed by atoms with Crippen molar-refractivity contribution >= 4 is 5.69 Å². The van der Waals surface area contributed by atoms with Gasteiger partial charge in [-0.25, -0.2) is 0 Å². The monoisotopic (exact) mass is 265 g/mol. The van der Waals surface area contributed by atoms with Crippen LogP contribution in [0.2, 0.25) is 0 Å². The molecule has 2 rings (SSSR count). The summed E-state index contributed by atoms with van der Waals surface area (Å²) in [5.41, 5.74) is 1.14. The van der Waals surface area contributed by atoms with Gasteiger partial charge < -0.3 is 19.5 Å². The van der Waals surface area contributed by atoms with Crippen molar-refractivity contribution in [2.24, 2.45) is 0 Å². The lowest BCUT2D eigenvalue weighted by atomic mass is 10.0.